The van der Waals surface area contributed by atoms with Crippen LogP contribution in [0.4, 0.5) is 5.69 Å². The summed E-state index contributed by atoms with van der Waals surface area (Å²) < 4.78 is 0. The zero-order valence-corrected chi connectivity index (χ0v) is 13.5. The first-order valence-corrected chi connectivity index (χ1v) is 8.18. The Morgan fingerprint density at radius 2 is 1.91 bits per heavy atom. The molecule has 2 aliphatic heterocycles. The Morgan fingerprint density at radius 3 is 2.61 bits per heavy atom. The standard InChI is InChI=1S/C16H19ClN4O2/c17-11-4-6-12(7-5-11)18-15(23)13-10-14(22)20-16(19-13)21-8-2-1-3-9-21/h4-7,13H,1-3,8-10H2,(H,18,23)(H,19,20,22)/t13-/m0/s1. The van der Waals surface area contributed by atoms with Crippen LogP contribution in [0.5, 0.6) is 0 Å². The highest BCUT2D eigenvalue weighted by molar-refractivity contribution is 6.30. The summed E-state index contributed by atoms with van der Waals surface area (Å²) in [6.45, 7) is 1.73. The molecule has 2 N–H and O–H groups in total. The van der Waals surface area contributed by atoms with E-state index in [9.17, 15) is 9.59 Å². The molecule has 0 unspecified atom stereocenters. The van der Waals surface area contributed by atoms with E-state index in [2.05, 4.69) is 15.6 Å². The molecule has 122 valence electrons. The van der Waals surface area contributed by atoms with Crippen LogP contribution < -0.4 is 10.6 Å². The highest BCUT2D eigenvalue weighted by Crippen LogP contribution is 2.16. The normalized spacial score (nSPS) is 21.4. The average Bonchev–Trinajstić information content (AvgIpc) is 2.57. The number of hydrogen-bond acceptors (Lipinski definition) is 4. The molecule has 0 aromatic heterocycles. The van der Waals surface area contributed by atoms with Crippen LogP contribution in [0.25, 0.3) is 0 Å². The zero-order chi connectivity index (χ0) is 16.2. The molecule has 1 saturated heterocycles. The van der Waals surface area contributed by atoms with Crippen molar-refractivity contribution < 1.29 is 9.59 Å². The Kier molecular flexibility index (Phi) is 4.81. The second-order valence-electron chi connectivity index (χ2n) is 5.76. The van der Waals surface area contributed by atoms with Gasteiger partial charge in [0.1, 0.15) is 6.04 Å². The molecule has 0 saturated carbocycles. The van der Waals surface area contributed by atoms with Gasteiger partial charge in [0, 0.05) is 23.8 Å². The number of carbonyl (C=O) groups is 2. The first kappa shape index (κ1) is 15.8. The van der Waals surface area contributed by atoms with Crippen LogP contribution >= 0.6 is 11.6 Å². The van der Waals surface area contributed by atoms with Gasteiger partial charge in [0.05, 0.1) is 6.42 Å². The highest BCUT2D eigenvalue weighted by atomic mass is 35.5. The summed E-state index contributed by atoms with van der Waals surface area (Å²) in [5, 5.41) is 6.16. The van der Waals surface area contributed by atoms with Gasteiger partial charge in [0.15, 0.2) is 0 Å². The number of aliphatic imine (C=N–C) groups is 1. The maximum Gasteiger partial charge on any atom is 0.249 e. The van der Waals surface area contributed by atoms with E-state index in [1.54, 1.807) is 24.3 Å². The SMILES string of the molecule is O=C1C[C@@H](C(=O)Nc2ccc(Cl)cc2)N=C(N2CCCCC2)N1. The maximum atomic E-state index is 12.4. The number of amides is 2. The van der Waals surface area contributed by atoms with Gasteiger partial charge in [-0.05, 0) is 43.5 Å². The van der Waals surface area contributed by atoms with E-state index < -0.39 is 6.04 Å². The third kappa shape index (κ3) is 4.01. The Labute approximate surface area is 139 Å². The maximum absolute atomic E-state index is 12.4. The van der Waals surface area contributed by atoms with Crippen LogP contribution in [-0.2, 0) is 9.59 Å². The zero-order valence-electron chi connectivity index (χ0n) is 12.7. The highest BCUT2D eigenvalue weighted by Gasteiger charge is 2.29. The number of piperidine rings is 1. The van der Waals surface area contributed by atoms with Crippen molar-refractivity contribution in [2.24, 2.45) is 4.99 Å². The number of hydrogen-bond donors (Lipinski definition) is 2. The van der Waals surface area contributed by atoms with Gasteiger partial charge in [-0.25, -0.2) is 4.99 Å². The van der Waals surface area contributed by atoms with Crippen LogP contribution in [-0.4, -0.2) is 41.8 Å². The second-order valence-corrected chi connectivity index (χ2v) is 6.20. The van der Waals surface area contributed by atoms with Gasteiger partial charge in [0.2, 0.25) is 17.8 Å². The molecule has 7 heteroatoms. The van der Waals surface area contributed by atoms with E-state index in [0.717, 1.165) is 25.9 Å². The quantitative estimate of drug-likeness (QED) is 0.869. The number of benzene rings is 1. The molecule has 1 atom stereocenters. The van der Waals surface area contributed by atoms with Gasteiger partial charge >= 0.3 is 0 Å². The smallest absolute Gasteiger partial charge is 0.249 e. The summed E-state index contributed by atoms with van der Waals surface area (Å²) in [4.78, 5) is 30.8. The van der Waals surface area contributed by atoms with Crippen molar-refractivity contribution in [1.29, 1.82) is 0 Å². The number of carbonyl (C=O) groups excluding carboxylic acids is 2. The molecule has 23 heavy (non-hydrogen) atoms. The Bertz CT molecular complexity index is 623. The average molecular weight is 335 g/mol. The van der Waals surface area contributed by atoms with Crippen molar-refractivity contribution >= 4 is 35.1 Å². The summed E-state index contributed by atoms with van der Waals surface area (Å²) in [6.07, 6.45) is 3.42. The van der Waals surface area contributed by atoms with E-state index in [1.807, 2.05) is 4.90 Å². The number of anilines is 1. The minimum absolute atomic E-state index is 0.0662. The first-order valence-electron chi connectivity index (χ1n) is 7.81. The molecular formula is C16H19ClN4O2. The number of rotatable bonds is 2. The van der Waals surface area contributed by atoms with Crippen LogP contribution in [0.1, 0.15) is 25.7 Å². The van der Waals surface area contributed by atoms with Gasteiger partial charge in [-0.1, -0.05) is 11.6 Å². The molecule has 3 rings (SSSR count). The molecule has 2 heterocycles. The van der Waals surface area contributed by atoms with Crippen LogP contribution in [0.2, 0.25) is 5.02 Å². The monoisotopic (exact) mass is 334 g/mol. The van der Waals surface area contributed by atoms with Crippen molar-refractivity contribution in [3.05, 3.63) is 29.3 Å². The molecular weight excluding hydrogens is 316 g/mol. The van der Waals surface area contributed by atoms with Crippen molar-refractivity contribution in [3.63, 3.8) is 0 Å². The second kappa shape index (κ2) is 7.00. The van der Waals surface area contributed by atoms with Gasteiger partial charge in [-0.2, -0.15) is 0 Å². The third-order valence-electron chi connectivity index (χ3n) is 3.98. The van der Waals surface area contributed by atoms with Crippen LogP contribution in [0.3, 0.4) is 0 Å². The Balaban J connectivity index is 1.70. The van der Waals surface area contributed by atoms with E-state index >= 15 is 0 Å². The van der Waals surface area contributed by atoms with Crippen LogP contribution in [0, 0.1) is 0 Å². The largest absolute Gasteiger partial charge is 0.343 e. The van der Waals surface area contributed by atoms with E-state index in [4.69, 9.17) is 11.6 Å². The minimum atomic E-state index is -0.698. The van der Waals surface area contributed by atoms with Crippen molar-refractivity contribution in [1.82, 2.24) is 10.2 Å². The number of halogens is 1. The fourth-order valence-electron chi connectivity index (χ4n) is 2.75. The Hall–Kier alpha value is -2.08. The Morgan fingerprint density at radius 1 is 1.22 bits per heavy atom. The molecule has 2 aliphatic rings. The van der Waals surface area contributed by atoms with E-state index in [0.29, 0.717) is 16.7 Å². The number of guanidine groups is 1. The van der Waals surface area contributed by atoms with Crippen molar-refractivity contribution in [3.8, 4) is 0 Å². The summed E-state index contributed by atoms with van der Waals surface area (Å²) in [6, 6.07) is 6.15. The molecule has 0 aliphatic carbocycles. The molecule has 1 aromatic carbocycles. The number of nitrogens with one attached hydrogen (secondary N) is 2. The molecule has 1 aromatic rings. The molecule has 0 spiro atoms. The molecule has 0 bridgehead atoms. The van der Waals surface area contributed by atoms with Crippen LogP contribution in [0.15, 0.2) is 29.3 Å². The van der Waals surface area contributed by atoms with Crippen molar-refractivity contribution in [2.75, 3.05) is 18.4 Å². The first-order chi connectivity index (χ1) is 11.1. The van der Waals surface area contributed by atoms with E-state index in [1.165, 1.54) is 6.42 Å². The lowest BCUT2D eigenvalue weighted by molar-refractivity contribution is -0.125. The summed E-state index contributed by atoms with van der Waals surface area (Å²) in [7, 11) is 0. The lowest BCUT2D eigenvalue weighted by Gasteiger charge is -2.32. The lowest BCUT2D eigenvalue weighted by atomic mass is 10.1. The fourth-order valence-corrected chi connectivity index (χ4v) is 2.88. The minimum Gasteiger partial charge on any atom is -0.343 e. The number of nitrogens with zero attached hydrogens (tertiary/aromatic N) is 2. The summed E-state index contributed by atoms with van der Waals surface area (Å²) in [5.41, 5.74) is 0.639. The fraction of sp³-hybridized carbons (Fsp3) is 0.438. The van der Waals surface area contributed by atoms with Gasteiger partial charge in [0.25, 0.3) is 0 Å². The molecule has 6 nitrogen and oxygen atoms in total. The van der Waals surface area contributed by atoms with Gasteiger partial charge in [-0.3, -0.25) is 14.9 Å². The summed E-state index contributed by atoms with van der Waals surface area (Å²) >= 11 is 5.83. The predicted octanol–water partition coefficient (Wildman–Crippen LogP) is 2.01. The third-order valence-corrected chi connectivity index (χ3v) is 4.23. The number of likely N-dealkylation sites (tertiary alicyclic amines) is 1. The lowest BCUT2D eigenvalue weighted by Crippen LogP contribution is -2.51. The molecule has 1 fully saturated rings. The molecule has 2 amide bonds. The van der Waals surface area contributed by atoms with E-state index in [-0.39, 0.29) is 18.2 Å². The van der Waals surface area contributed by atoms with Crippen molar-refractivity contribution in [2.45, 2.75) is 31.7 Å². The molecule has 0 radical (unpaired) electrons. The van der Waals surface area contributed by atoms with Gasteiger partial charge in [-0.15, -0.1) is 0 Å². The van der Waals surface area contributed by atoms with Gasteiger partial charge < -0.3 is 10.2 Å². The summed E-state index contributed by atoms with van der Waals surface area (Å²) in [5.74, 6) is 0.0747. The topological polar surface area (TPSA) is 73.8 Å². The predicted molar refractivity (Wildman–Crippen MR) is 89.5 cm³/mol.